The van der Waals surface area contributed by atoms with Gasteiger partial charge in [-0.3, -0.25) is 9.79 Å². The first kappa shape index (κ1) is 17.4. The van der Waals surface area contributed by atoms with Crippen LogP contribution >= 0.6 is 0 Å². The monoisotopic (exact) mass is 352 g/mol. The van der Waals surface area contributed by atoms with Crippen LogP contribution in [0.4, 0.5) is 17.6 Å². The van der Waals surface area contributed by atoms with E-state index in [-0.39, 0.29) is 18.7 Å². The Kier molecular flexibility index (Phi) is 5.03. The van der Waals surface area contributed by atoms with Crippen molar-refractivity contribution < 1.29 is 30.7 Å². The van der Waals surface area contributed by atoms with Gasteiger partial charge in [0.2, 0.25) is 5.90 Å². The van der Waals surface area contributed by atoms with Crippen molar-refractivity contribution in [1.29, 1.82) is 0 Å². The summed E-state index contributed by atoms with van der Waals surface area (Å²) in [5.41, 5.74) is -4.86. The highest BCUT2D eigenvalue weighted by molar-refractivity contribution is 7.81. The van der Waals surface area contributed by atoms with Crippen molar-refractivity contribution in [2.75, 3.05) is 13.1 Å². The molecule has 1 aromatic rings. The third-order valence-corrected chi connectivity index (χ3v) is 3.84. The van der Waals surface area contributed by atoms with E-state index >= 15 is 0 Å². The van der Waals surface area contributed by atoms with Gasteiger partial charge < -0.3 is 9.08 Å². The van der Waals surface area contributed by atoms with Crippen LogP contribution in [0.25, 0.3) is 0 Å². The van der Waals surface area contributed by atoms with Crippen LogP contribution in [-0.2, 0) is 15.3 Å². The van der Waals surface area contributed by atoms with Gasteiger partial charge in [0.25, 0.3) is 5.91 Å². The molecule has 2 rings (SSSR count). The molecule has 23 heavy (non-hydrogen) atoms. The average molecular weight is 352 g/mol. The molecule has 1 heterocycles. The first-order chi connectivity index (χ1) is 10.7. The number of hydrogen-bond donors (Lipinski definition) is 0. The van der Waals surface area contributed by atoms with Gasteiger partial charge in [-0.2, -0.15) is 13.2 Å². The van der Waals surface area contributed by atoms with Gasteiger partial charge in [0, 0.05) is 12.1 Å². The van der Waals surface area contributed by atoms with E-state index in [2.05, 4.69) is 9.18 Å². The highest BCUT2D eigenvalue weighted by atomic mass is 32.2. The molecule has 0 radical (unpaired) electrons. The Labute approximate surface area is 131 Å². The molecule has 1 unspecified atom stereocenters. The molecule has 0 bridgehead atoms. The summed E-state index contributed by atoms with van der Waals surface area (Å²) in [6.07, 6.45) is 0. The van der Waals surface area contributed by atoms with Gasteiger partial charge in [0.15, 0.2) is 0 Å². The van der Waals surface area contributed by atoms with E-state index in [9.17, 15) is 26.6 Å². The second-order valence-electron chi connectivity index (χ2n) is 4.67. The maximum absolute atomic E-state index is 12.9. The van der Waals surface area contributed by atoms with Crippen molar-refractivity contribution in [3.8, 4) is 0 Å². The predicted octanol–water partition coefficient (Wildman–Crippen LogP) is 2.27. The minimum atomic E-state index is -5.04. The minimum absolute atomic E-state index is 0.0155. The molecule has 1 aliphatic rings. The van der Waals surface area contributed by atoms with Crippen molar-refractivity contribution in [2.24, 2.45) is 4.99 Å². The molecule has 0 spiro atoms. The summed E-state index contributed by atoms with van der Waals surface area (Å²) < 4.78 is 65.1. The molecule has 0 aliphatic carbocycles. The summed E-state index contributed by atoms with van der Waals surface area (Å²) in [4.78, 5) is 17.3. The van der Waals surface area contributed by atoms with E-state index in [1.54, 1.807) is 0 Å². The number of hydrogen-bond acceptors (Lipinski definition) is 4. The van der Waals surface area contributed by atoms with E-state index in [4.69, 9.17) is 0 Å². The number of carbonyl (C=O) groups excluding carboxylic acids is 1. The van der Waals surface area contributed by atoms with E-state index in [1.165, 1.54) is 24.0 Å². The number of aliphatic imine (C=N–C) groups is 1. The Morgan fingerprint density at radius 1 is 1.35 bits per heavy atom. The number of alkyl halides is 3. The van der Waals surface area contributed by atoms with E-state index in [1.807, 2.05) is 0 Å². The summed E-state index contributed by atoms with van der Waals surface area (Å²) in [5, 5.41) is 0. The molecule has 0 saturated carbocycles. The number of nitrogens with zero attached hydrogens (tertiary/aromatic N) is 2. The van der Waals surface area contributed by atoms with Crippen LogP contribution in [0.1, 0.15) is 17.3 Å². The first-order valence-electron chi connectivity index (χ1n) is 6.48. The predicted molar refractivity (Wildman–Crippen MR) is 74.5 cm³/mol. The Hall–Kier alpha value is -1.97. The summed E-state index contributed by atoms with van der Waals surface area (Å²) in [6, 6.07) is 3.82. The Morgan fingerprint density at radius 3 is 2.52 bits per heavy atom. The maximum Gasteiger partial charge on any atom is 0.508 e. The molecular formula is C13H12F4N2O3S. The highest BCUT2D eigenvalue weighted by Gasteiger charge is 2.42. The normalized spacial score (nSPS) is 20.0. The maximum atomic E-state index is 12.9. The topological polar surface area (TPSA) is 59.0 Å². The highest BCUT2D eigenvalue weighted by Crippen LogP contribution is 2.23. The lowest BCUT2D eigenvalue weighted by molar-refractivity contribution is -0.0443. The SMILES string of the molecule is C[C@@H]1C(OS(=O)C(F)(F)F)=NCCN1C(=O)c1ccc(F)cc1. The minimum Gasteiger partial charge on any atom is -0.376 e. The molecule has 0 N–H and O–H groups in total. The first-order valence-corrected chi connectivity index (χ1v) is 7.55. The van der Waals surface area contributed by atoms with Crippen LogP contribution in [0.2, 0.25) is 0 Å². The fraction of sp³-hybridized carbons (Fsp3) is 0.385. The Morgan fingerprint density at radius 2 is 1.96 bits per heavy atom. The fourth-order valence-corrected chi connectivity index (χ4v) is 2.43. The zero-order valence-electron chi connectivity index (χ0n) is 11.8. The lowest BCUT2D eigenvalue weighted by atomic mass is 10.1. The van der Waals surface area contributed by atoms with E-state index in [0.29, 0.717) is 0 Å². The van der Waals surface area contributed by atoms with Crippen molar-refractivity contribution in [3.05, 3.63) is 35.6 Å². The summed E-state index contributed by atoms with van der Waals surface area (Å²) in [7, 11) is 0. The molecule has 0 fully saturated rings. The molecule has 0 aromatic heterocycles. The number of carbonyl (C=O) groups is 1. The molecule has 0 saturated heterocycles. The van der Waals surface area contributed by atoms with Crippen LogP contribution in [0.15, 0.2) is 29.3 Å². The van der Waals surface area contributed by atoms with Gasteiger partial charge >= 0.3 is 16.6 Å². The van der Waals surface area contributed by atoms with Crippen molar-refractivity contribution in [3.63, 3.8) is 0 Å². The molecule has 1 amide bonds. The van der Waals surface area contributed by atoms with Gasteiger partial charge in [-0.1, -0.05) is 0 Å². The zero-order chi connectivity index (χ0) is 17.2. The van der Waals surface area contributed by atoms with Crippen LogP contribution in [0, 0.1) is 5.82 Å². The van der Waals surface area contributed by atoms with Crippen LogP contribution in [0.3, 0.4) is 0 Å². The lowest BCUT2D eigenvalue weighted by Gasteiger charge is -2.32. The summed E-state index contributed by atoms with van der Waals surface area (Å²) in [6.45, 7) is 1.58. The Balaban J connectivity index is 2.14. The fourth-order valence-electron chi connectivity index (χ4n) is 1.98. The molecule has 1 aromatic carbocycles. The second-order valence-corrected chi connectivity index (χ2v) is 5.76. The number of halogens is 4. The van der Waals surface area contributed by atoms with Gasteiger partial charge in [-0.05, 0) is 31.2 Å². The van der Waals surface area contributed by atoms with E-state index < -0.39 is 40.3 Å². The standard InChI is InChI=1S/C13H12F4N2O3S/c1-8-11(22-23(21)13(15,16)17)18-6-7-19(8)12(20)9-2-4-10(14)5-3-9/h2-5,8H,6-7H2,1H3/t8-,23?/m1/s1. The van der Waals surface area contributed by atoms with Gasteiger partial charge in [-0.25, -0.2) is 8.60 Å². The molecule has 2 atom stereocenters. The summed E-state index contributed by atoms with van der Waals surface area (Å²) >= 11 is -3.55. The molecule has 1 aliphatic heterocycles. The molecule has 126 valence electrons. The van der Waals surface area contributed by atoms with Crippen molar-refractivity contribution in [2.45, 2.75) is 18.5 Å². The smallest absolute Gasteiger partial charge is 0.376 e. The van der Waals surface area contributed by atoms with Crippen molar-refractivity contribution >= 4 is 22.9 Å². The van der Waals surface area contributed by atoms with Gasteiger partial charge in [0.05, 0.1) is 6.54 Å². The third kappa shape index (κ3) is 4.06. The number of amides is 1. The van der Waals surface area contributed by atoms with Crippen LogP contribution in [-0.4, -0.2) is 45.6 Å². The van der Waals surface area contributed by atoms with Gasteiger partial charge in [0.1, 0.15) is 11.9 Å². The van der Waals surface area contributed by atoms with Crippen LogP contribution < -0.4 is 0 Å². The molecular weight excluding hydrogens is 340 g/mol. The average Bonchev–Trinajstić information content (AvgIpc) is 2.48. The second kappa shape index (κ2) is 6.65. The largest absolute Gasteiger partial charge is 0.508 e. The zero-order valence-corrected chi connectivity index (χ0v) is 12.7. The molecule has 10 heteroatoms. The quantitative estimate of drug-likeness (QED) is 0.768. The summed E-state index contributed by atoms with van der Waals surface area (Å²) in [5.74, 6) is -1.45. The number of rotatable bonds is 2. The molecule has 5 nitrogen and oxygen atoms in total. The van der Waals surface area contributed by atoms with E-state index in [0.717, 1.165) is 12.1 Å². The van der Waals surface area contributed by atoms with Gasteiger partial charge in [-0.15, -0.1) is 0 Å². The lowest BCUT2D eigenvalue weighted by Crippen LogP contribution is -2.49. The van der Waals surface area contributed by atoms with Crippen LogP contribution in [0.5, 0.6) is 0 Å². The van der Waals surface area contributed by atoms with Crippen molar-refractivity contribution in [1.82, 2.24) is 4.90 Å². The third-order valence-electron chi connectivity index (χ3n) is 3.14. The Bertz CT molecular complexity index is 646. The number of benzene rings is 1.